The van der Waals surface area contributed by atoms with E-state index in [1.54, 1.807) is 0 Å². The molecular weight excluding hydrogens is 410 g/mol. The van der Waals surface area contributed by atoms with Gasteiger partial charge in [0, 0.05) is 31.4 Å². The molecule has 10 nitrogen and oxygen atoms in total. The van der Waals surface area contributed by atoms with Gasteiger partial charge in [0.1, 0.15) is 0 Å². The molecule has 11 heteroatoms. The maximum Gasteiger partial charge on any atom is 0.271 e. The molecule has 1 heterocycles. The molecule has 1 aromatic heterocycles. The van der Waals surface area contributed by atoms with Crippen molar-refractivity contribution < 1.29 is 18.1 Å². The summed E-state index contributed by atoms with van der Waals surface area (Å²) in [5.41, 5.74) is 1.43. The van der Waals surface area contributed by atoms with Crippen LogP contribution in [0.4, 0.5) is 5.69 Å². The number of rotatable bonds is 9. The van der Waals surface area contributed by atoms with E-state index in [0.717, 1.165) is 5.56 Å². The summed E-state index contributed by atoms with van der Waals surface area (Å²) in [5, 5.41) is 17.3. The first-order valence-corrected chi connectivity index (χ1v) is 10.6. The topological polar surface area (TPSA) is 136 Å². The first kappa shape index (κ1) is 21.1. The number of aromatic nitrogens is 2. The van der Waals surface area contributed by atoms with Crippen molar-refractivity contribution in [2.24, 2.45) is 0 Å². The Bertz CT molecular complexity index is 1130. The lowest BCUT2D eigenvalue weighted by Crippen LogP contribution is -2.34. The van der Waals surface area contributed by atoms with Crippen LogP contribution in [0.2, 0.25) is 0 Å². The molecule has 0 aliphatic rings. The second-order valence-electron chi connectivity index (χ2n) is 6.30. The smallest absolute Gasteiger partial charge is 0.271 e. The van der Waals surface area contributed by atoms with Crippen LogP contribution in [0.5, 0.6) is 0 Å². The number of nitro groups is 1. The molecule has 3 aromatic rings. The van der Waals surface area contributed by atoms with Crippen molar-refractivity contribution in [3.8, 4) is 5.69 Å². The van der Waals surface area contributed by atoms with Gasteiger partial charge >= 0.3 is 0 Å². The Balaban J connectivity index is 1.51. The largest absolute Gasteiger partial charge is 0.350 e. The zero-order valence-corrected chi connectivity index (χ0v) is 16.6. The van der Waals surface area contributed by atoms with Crippen LogP contribution in [0, 0.1) is 10.1 Å². The summed E-state index contributed by atoms with van der Waals surface area (Å²) < 4.78 is 28.0. The highest BCUT2D eigenvalue weighted by atomic mass is 32.2. The number of carbonyl (C=O) groups excluding carboxylic acids is 1. The lowest BCUT2D eigenvalue weighted by molar-refractivity contribution is -0.384. The van der Waals surface area contributed by atoms with Crippen molar-refractivity contribution in [3.63, 3.8) is 0 Å². The summed E-state index contributed by atoms with van der Waals surface area (Å²) in [5.74, 6) is -0.789. The molecule has 0 saturated carbocycles. The monoisotopic (exact) mass is 429 g/mol. The summed E-state index contributed by atoms with van der Waals surface area (Å²) >= 11 is 0. The lowest BCUT2D eigenvalue weighted by Gasteiger charge is -2.07. The predicted octanol–water partition coefficient (Wildman–Crippen LogP) is 1.63. The van der Waals surface area contributed by atoms with Crippen LogP contribution in [0.15, 0.2) is 66.9 Å². The van der Waals surface area contributed by atoms with Crippen molar-refractivity contribution >= 4 is 21.6 Å². The van der Waals surface area contributed by atoms with Crippen LogP contribution in [-0.2, 0) is 16.6 Å². The summed E-state index contributed by atoms with van der Waals surface area (Å²) in [7, 11) is -3.55. The van der Waals surface area contributed by atoms with Gasteiger partial charge in [0.25, 0.3) is 11.6 Å². The number of nitrogens with one attached hydrogen (secondary N) is 2. The van der Waals surface area contributed by atoms with Gasteiger partial charge in [0.15, 0.2) is 5.69 Å². The van der Waals surface area contributed by atoms with Gasteiger partial charge in [-0.15, -0.1) is 0 Å². The zero-order chi connectivity index (χ0) is 21.6. The molecule has 30 heavy (non-hydrogen) atoms. The van der Waals surface area contributed by atoms with Crippen LogP contribution < -0.4 is 10.0 Å². The van der Waals surface area contributed by atoms with Gasteiger partial charge in [-0.05, 0) is 23.8 Å². The fourth-order valence-corrected chi connectivity index (χ4v) is 3.47. The number of amides is 1. The first-order valence-electron chi connectivity index (χ1n) is 8.94. The van der Waals surface area contributed by atoms with E-state index in [0.29, 0.717) is 5.69 Å². The van der Waals surface area contributed by atoms with Gasteiger partial charge in [-0.25, -0.2) is 17.8 Å². The summed E-state index contributed by atoms with van der Waals surface area (Å²) in [6, 6.07) is 16.3. The van der Waals surface area contributed by atoms with Gasteiger partial charge in [-0.3, -0.25) is 14.9 Å². The Hall–Kier alpha value is -3.57. The Morgan fingerprint density at radius 3 is 2.43 bits per heavy atom. The zero-order valence-electron chi connectivity index (χ0n) is 15.8. The minimum atomic E-state index is -3.55. The third-order valence-electron chi connectivity index (χ3n) is 4.14. The minimum Gasteiger partial charge on any atom is -0.350 e. The second kappa shape index (κ2) is 9.29. The maximum absolute atomic E-state index is 12.2. The molecule has 156 valence electrons. The highest BCUT2D eigenvalue weighted by molar-refractivity contribution is 7.89. The summed E-state index contributed by atoms with van der Waals surface area (Å²) in [4.78, 5) is 22.4. The van der Waals surface area contributed by atoms with Crippen LogP contribution >= 0.6 is 0 Å². The third-order valence-corrected chi connectivity index (χ3v) is 5.47. The fourth-order valence-electron chi connectivity index (χ4n) is 2.57. The van der Waals surface area contributed by atoms with E-state index in [9.17, 15) is 23.3 Å². The van der Waals surface area contributed by atoms with Crippen molar-refractivity contribution in [1.82, 2.24) is 19.8 Å². The maximum atomic E-state index is 12.2. The molecule has 0 saturated heterocycles. The van der Waals surface area contributed by atoms with Crippen LogP contribution in [0.25, 0.3) is 5.69 Å². The molecule has 0 unspecified atom stereocenters. The van der Waals surface area contributed by atoms with Gasteiger partial charge in [0.05, 0.1) is 16.4 Å². The average Bonchev–Trinajstić information content (AvgIpc) is 3.23. The van der Waals surface area contributed by atoms with Crippen molar-refractivity contribution in [1.29, 1.82) is 0 Å². The van der Waals surface area contributed by atoms with E-state index >= 15 is 0 Å². The van der Waals surface area contributed by atoms with Crippen LogP contribution in [0.3, 0.4) is 0 Å². The minimum absolute atomic E-state index is 0.0500. The number of carbonyl (C=O) groups is 1. The highest BCUT2D eigenvalue weighted by Crippen LogP contribution is 2.14. The summed E-state index contributed by atoms with van der Waals surface area (Å²) in [6.07, 6.45) is 1.54. The molecule has 0 aliphatic carbocycles. The number of non-ortho nitro benzene ring substituents is 1. The normalized spacial score (nSPS) is 11.2. The molecule has 0 aliphatic heterocycles. The Kier molecular flexibility index (Phi) is 6.54. The molecule has 1 amide bonds. The number of sulfonamides is 1. The molecule has 2 aromatic carbocycles. The highest BCUT2D eigenvalue weighted by Gasteiger charge is 2.14. The number of nitrogens with zero attached hydrogens (tertiary/aromatic N) is 3. The number of hydrogen-bond donors (Lipinski definition) is 2. The molecule has 0 fully saturated rings. The van der Waals surface area contributed by atoms with Gasteiger partial charge in [-0.2, -0.15) is 5.10 Å². The Morgan fingerprint density at radius 1 is 1.07 bits per heavy atom. The molecule has 2 N–H and O–H groups in total. The Morgan fingerprint density at radius 2 is 1.77 bits per heavy atom. The van der Waals surface area contributed by atoms with Crippen molar-refractivity contribution in [2.75, 3.05) is 12.3 Å². The van der Waals surface area contributed by atoms with Gasteiger partial charge in [0.2, 0.25) is 10.0 Å². The van der Waals surface area contributed by atoms with Gasteiger partial charge in [-0.1, -0.05) is 30.3 Å². The standard InChI is InChI=1S/C19H19N5O5S/c25-19(20-11-13-30(28,29)21-14-15-4-2-1-3-5-15)18-10-12-23(22-18)16-6-8-17(9-7-16)24(26)27/h1-10,12,21H,11,13-14H2,(H,20,25). The molecule has 0 radical (unpaired) electrons. The number of nitro benzene ring substituents is 1. The van der Waals surface area contributed by atoms with Crippen molar-refractivity contribution in [2.45, 2.75) is 6.54 Å². The number of hydrogen-bond acceptors (Lipinski definition) is 6. The fraction of sp³-hybridized carbons (Fsp3) is 0.158. The molecular formula is C19H19N5O5S. The molecule has 0 bridgehead atoms. The molecule has 0 spiro atoms. The van der Waals surface area contributed by atoms with Gasteiger partial charge < -0.3 is 5.32 Å². The number of benzene rings is 2. The van der Waals surface area contributed by atoms with E-state index in [1.165, 1.54) is 41.2 Å². The van der Waals surface area contributed by atoms with Crippen LogP contribution in [-0.4, -0.2) is 41.3 Å². The van der Waals surface area contributed by atoms with E-state index in [1.807, 2.05) is 30.3 Å². The van der Waals surface area contributed by atoms with E-state index in [-0.39, 0.29) is 30.2 Å². The first-order chi connectivity index (χ1) is 14.3. The summed E-state index contributed by atoms with van der Waals surface area (Å²) in [6.45, 7) is 0.101. The predicted molar refractivity (Wildman–Crippen MR) is 110 cm³/mol. The Labute approximate surface area is 172 Å². The third kappa shape index (κ3) is 5.72. The van der Waals surface area contributed by atoms with E-state index < -0.39 is 20.9 Å². The molecule has 3 rings (SSSR count). The van der Waals surface area contributed by atoms with Crippen LogP contribution in [0.1, 0.15) is 16.1 Å². The quantitative estimate of drug-likeness (QED) is 0.392. The lowest BCUT2D eigenvalue weighted by atomic mass is 10.2. The van der Waals surface area contributed by atoms with E-state index in [4.69, 9.17) is 0 Å². The van der Waals surface area contributed by atoms with Crippen molar-refractivity contribution in [3.05, 3.63) is 88.2 Å². The second-order valence-corrected chi connectivity index (χ2v) is 8.23. The SMILES string of the molecule is O=C(NCCS(=O)(=O)NCc1ccccc1)c1ccn(-c2ccc([N+](=O)[O-])cc2)n1. The van der Waals surface area contributed by atoms with E-state index in [2.05, 4.69) is 15.1 Å². The molecule has 0 atom stereocenters. The average molecular weight is 429 g/mol.